The molecule has 3 rings (SSSR count). The van der Waals surface area contributed by atoms with Crippen LogP contribution in [0, 0.1) is 5.92 Å². The summed E-state index contributed by atoms with van der Waals surface area (Å²) >= 11 is 0. The fraction of sp³-hybridized carbons (Fsp3) is 0.632. The minimum absolute atomic E-state index is 0. The maximum absolute atomic E-state index is 12.7. The predicted octanol–water partition coefficient (Wildman–Crippen LogP) is 2.71. The van der Waals surface area contributed by atoms with Crippen LogP contribution in [0.4, 0.5) is 5.69 Å². The molecule has 1 aromatic carbocycles. The van der Waals surface area contributed by atoms with Crippen molar-refractivity contribution >= 4 is 36.4 Å². The molecule has 2 heterocycles. The molecule has 1 aromatic rings. The Balaban J connectivity index is 0.00000169. The van der Waals surface area contributed by atoms with Crippen LogP contribution >= 0.6 is 24.8 Å². The number of nitrogens with two attached hydrogens (primary N) is 1. The Labute approximate surface area is 169 Å². The fourth-order valence-electron chi connectivity index (χ4n) is 3.83. The Bertz CT molecular complexity index is 533. The molecule has 2 fully saturated rings. The number of nitrogens with zero attached hydrogens (tertiary/aromatic N) is 2. The van der Waals surface area contributed by atoms with Gasteiger partial charge in [0.05, 0.1) is 6.04 Å². The summed E-state index contributed by atoms with van der Waals surface area (Å²) in [5, 5.41) is 0. The quantitative estimate of drug-likeness (QED) is 0.839. The minimum Gasteiger partial charge on any atom is -0.381 e. The Hall–Kier alpha value is -1.01. The van der Waals surface area contributed by atoms with E-state index < -0.39 is 0 Å². The molecule has 2 N–H and O–H groups in total. The summed E-state index contributed by atoms with van der Waals surface area (Å²) in [4.78, 5) is 17.0. The van der Waals surface area contributed by atoms with Gasteiger partial charge in [-0.15, -0.1) is 24.8 Å². The van der Waals surface area contributed by atoms with Crippen molar-refractivity contribution in [2.45, 2.75) is 37.8 Å². The molecule has 1 amide bonds. The second-order valence-electron chi connectivity index (χ2n) is 6.98. The number of carbonyl (C=O) groups is 1. The summed E-state index contributed by atoms with van der Waals surface area (Å²) in [6.45, 7) is 3.07. The molecule has 1 unspecified atom stereocenters. The van der Waals surface area contributed by atoms with Crippen LogP contribution in [-0.2, 0) is 9.53 Å². The molecule has 0 aromatic heterocycles. The van der Waals surface area contributed by atoms with Crippen molar-refractivity contribution in [3.05, 3.63) is 30.3 Å². The van der Waals surface area contributed by atoms with Crippen LogP contribution in [0.5, 0.6) is 0 Å². The molecular weight excluding hydrogens is 373 g/mol. The van der Waals surface area contributed by atoms with Gasteiger partial charge in [0.15, 0.2) is 0 Å². The molecular formula is C19H31Cl2N3O2. The van der Waals surface area contributed by atoms with Crippen molar-refractivity contribution in [1.29, 1.82) is 0 Å². The van der Waals surface area contributed by atoms with E-state index in [2.05, 4.69) is 36.2 Å². The Morgan fingerprint density at radius 2 is 1.69 bits per heavy atom. The molecule has 0 bridgehead atoms. The lowest BCUT2D eigenvalue weighted by atomic mass is 9.91. The van der Waals surface area contributed by atoms with Gasteiger partial charge in [-0.3, -0.25) is 4.79 Å². The Morgan fingerprint density at radius 3 is 2.27 bits per heavy atom. The number of carbonyl (C=O) groups excluding carboxylic acids is 1. The normalized spacial score (nSPS) is 19.8. The zero-order chi connectivity index (χ0) is 16.9. The van der Waals surface area contributed by atoms with Gasteiger partial charge in [-0.2, -0.15) is 0 Å². The topological polar surface area (TPSA) is 58.8 Å². The third kappa shape index (κ3) is 5.49. The van der Waals surface area contributed by atoms with Gasteiger partial charge in [-0.25, -0.2) is 0 Å². The SMILES string of the molecule is CN(c1ccccc1)C1CCN(C(=O)C(N)C2CCOCC2)CC1.Cl.Cl. The first-order valence-electron chi connectivity index (χ1n) is 9.07. The van der Waals surface area contributed by atoms with E-state index in [9.17, 15) is 4.79 Å². The minimum atomic E-state index is -0.364. The van der Waals surface area contributed by atoms with E-state index in [0.29, 0.717) is 6.04 Å². The third-order valence-corrected chi connectivity index (χ3v) is 5.55. The molecule has 7 heteroatoms. The van der Waals surface area contributed by atoms with Gasteiger partial charge in [0, 0.05) is 45.1 Å². The molecule has 5 nitrogen and oxygen atoms in total. The predicted molar refractivity (Wildman–Crippen MR) is 110 cm³/mol. The van der Waals surface area contributed by atoms with Gasteiger partial charge >= 0.3 is 0 Å². The molecule has 0 radical (unpaired) electrons. The standard InChI is InChI=1S/C19H29N3O2.2ClH/c1-21(16-5-3-2-4-6-16)17-7-11-22(12-8-17)19(23)18(20)15-9-13-24-14-10-15;;/h2-6,15,17-18H,7-14,20H2,1H3;2*1H. The van der Waals surface area contributed by atoms with Gasteiger partial charge in [0.2, 0.25) is 5.91 Å². The smallest absolute Gasteiger partial charge is 0.239 e. The average molecular weight is 404 g/mol. The van der Waals surface area contributed by atoms with Crippen LogP contribution < -0.4 is 10.6 Å². The number of ether oxygens (including phenoxy) is 1. The highest BCUT2D eigenvalue weighted by Crippen LogP contribution is 2.24. The Morgan fingerprint density at radius 1 is 1.12 bits per heavy atom. The summed E-state index contributed by atoms with van der Waals surface area (Å²) < 4.78 is 5.37. The van der Waals surface area contributed by atoms with E-state index in [0.717, 1.165) is 52.0 Å². The fourth-order valence-corrected chi connectivity index (χ4v) is 3.83. The molecule has 1 atom stereocenters. The number of likely N-dealkylation sites (tertiary alicyclic amines) is 1. The highest BCUT2D eigenvalue weighted by atomic mass is 35.5. The van der Waals surface area contributed by atoms with Gasteiger partial charge in [0.25, 0.3) is 0 Å². The molecule has 2 aliphatic heterocycles. The number of anilines is 1. The number of hydrogen-bond donors (Lipinski definition) is 1. The summed E-state index contributed by atoms with van der Waals surface area (Å²) in [5.41, 5.74) is 7.49. The number of halogens is 2. The van der Waals surface area contributed by atoms with E-state index in [1.54, 1.807) is 0 Å². The Kier molecular flexibility index (Phi) is 9.72. The van der Waals surface area contributed by atoms with Crippen molar-refractivity contribution in [2.75, 3.05) is 38.3 Å². The molecule has 2 aliphatic rings. The number of piperidine rings is 1. The second-order valence-corrected chi connectivity index (χ2v) is 6.98. The van der Waals surface area contributed by atoms with Crippen LogP contribution in [0.1, 0.15) is 25.7 Å². The maximum atomic E-state index is 12.7. The second kappa shape index (κ2) is 11.0. The first-order valence-corrected chi connectivity index (χ1v) is 9.07. The third-order valence-electron chi connectivity index (χ3n) is 5.55. The molecule has 2 saturated heterocycles. The van der Waals surface area contributed by atoms with Crippen molar-refractivity contribution in [2.24, 2.45) is 11.7 Å². The maximum Gasteiger partial charge on any atom is 0.239 e. The van der Waals surface area contributed by atoms with Crippen LogP contribution in [0.25, 0.3) is 0 Å². The van der Waals surface area contributed by atoms with Gasteiger partial charge in [-0.05, 0) is 43.7 Å². The zero-order valence-electron chi connectivity index (χ0n) is 15.4. The zero-order valence-corrected chi connectivity index (χ0v) is 17.0. The van der Waals surface area contributed by atoms with E-state index in [1.165, 1.54) is 5.69 Å². The van der Waals surface area contributed by atoms with Gasteiger partial charge in [0.1, 0.15) is 0 Å². The monoisotopic (exact) mass is 403 g/mol. The first kappa shape index (κ1) is 23.0. The van der Waals surface area contributed by atoms with E-state index in [4.69, 9.17) is 10.5 Å². The number of hydrogen-bond acceptors (Lipinski definition) is 4. The largest absolute Gasteiger partial charge is 0.381 e. The summed E-state index contributed by atoms with van der Waals surface area (Å²) in [7, 11) is 2.14. The summed E-state index contributed by atoms with van der Waals surface area (Å²) in [6, 6.07) is 10.6. The summed E-state index contributed by atoms with van der Waals surface area (Å²) in [5.74, 6) is 0.402. The highest BCUT2D eigenvalue weighted by Gasteiger charge is 2.32. The molecule has 26 heavy (non-hydrogen) atoms. The first-order chi connectivity index (χ1) is 11.7. The lowest BCUT2D eigenvalue weighted by molar-refractivity contribution is -0.135. The van der Waals surface area contributed by atoms with Crippen molar-refractivity contribution in [1.82, 2.24) is 4.90 Å². The van der Waals surface area contributed by atoms with E-state index >= 15 is 0 Å². The van der Waals surface area contributed by atoms with Gasteiger partial charge < -0.3 is 20.3 Å². The molecule has 148 valence electrons. The number of rotatable bonds is 4. The van der Waals surface area contributed by atoms with Crippen LogP contribution in [0.2, 0.25) is 0 Å². The lowest BCUT2D eigenvalue weighted by Gasteiger charge is -2.39. The summed E-state index contributed by atoms with van der Waals surface area (Å²) in [6.07, 6.45) is 3.80. The van der Waals surface area contributed by atoms with E-state index in [-0.39, 0.29) is 42.7 Å². The lowest BCUT2D eigenvalue weighted by Crippen LogP contribution is -2.53. The molecule has 0 aliphatic carbocycles. The van der Waals surface area contributed by atoms with Crippen molar-refractivity contribution in [3.8, 4) is 0 Å². The molecule has 0 spiro atoms. The highest BCUT2D eigenvalue weighted by molar-refractivity contribution is 5.85. The van der Waals surface area contributed by atoms with Gasteiger partial charge in [-0.1, -0.05) is 18.2 Å². The van der Waals surface area contributed by atoms with Crippen LogP contribution in [0.3, 0.4) is 0 Å². The number of amides is 1. The van der Waals surface area contributed by atoms with E-state index in [1.807, 2.05) is 11.0 Å². The van der Waals surface area contributed by atoms with Crippen molar-refractivity contribution < 1.29 is 9.53 Å². The van der Waals surface area contributed by atoms with Crippen LogP contribution in [0.15, 0.2) is 30.3 Å². The van der Waals surface area contributed by atoms with Crippen molar-refractivity contribution in [3.63, 3.8) is 0 Å². The van der Waals surface area contributed by atoms with Crippen LogP contribution in [-0.4, -0.2) is 56.2 Å². The number of para-hydroxylation sites is 1. The molecule has 0 saturated carbocycles. The number of benzene rings is 1. The average Bonchev–Trinajstić information content (AvgIpc) is 2.68.